The molecule has 2 saturated heterocycles. The van der Waals surface area contributed by atoms with E-state index < -0.39 is 35.4 Å². The van der Waals surface area contributed by atoms with Gasteiger partial charge >= 0.3 is 0 Å². The van der Waals surface area contributed by atoms with Crippen LogP contribution < -0.4 is 35.8 Å². The van der Waals surface area contributed by atoms with Gasteiger partial charge in [-0.3, -0.25) is 14.4 Å². The van der Waals surface area contributed by atoms with Gasteiger partial charge in [0.2, 0.25) is 5.91 Å². The van der Waals surface area contributed by atoms with Gasteiger partial charge in [-0.05, 0) is 70.1 Å². The molecule has 2 aliphatic rings. The Balaban J connectivity index is 1.56. The normalized spacial score (nSPS) is 18.2. The fraction of sp³-hybridized carbons (Fsp3) is 0.514. The molecule has 49 heavy (non-hydrogen) atoms. The number of hydrogen-bond acceptors (Lipinski definition) is 11. The monoisotopic (exact) mass is 677 g/mol. The van der Waals surface area contributed by atoms with Crippen molar-refractivity contribution in [3.63, 3.8) is 0 Å². The number of amides is 3. The van der Waals surface area contributed by atoms with Gasteiger partial charge in [-0.25, -0.2) is 19.3 Å². The maximum absolute atomic E-state index is 15.4. The number of fused-ring (bicyclic) bond motifs is 1. The third-order valence-electron chi connectivity index (χ3n) is 9.26. The number of hydrogen-bond donors (Lipinski definition) is 4. The largest absolute Gasteiger partial charge is 0.494 e. The number of nitrogens with zero attached hydrogens (tertiary/aromatic N) is 5. The maximum Gasteiger partial charge on any atom is 0.257 e. The van der Waals surface area contributed by atoms with Gasteiger partial charge in [0.05, 0.1) is 36.1 Å². The fourth-order valence-corrected chi connectivity index (χ4v) is 6.11. The molecule has 0 saturated carbocycles. The smallest absolute Gasteiger partial charge is 0.257 e. The second-order valence-electron chi connectivity index (χ2n) is 13.8. The predicted octanol–water partition coefficient (Wildman–Crippen LogP) is 3.02. The van der Waals surface area contributed by atoms with E-state index >= 15 is 4.39 Å². The topological polar surface area (TPSA) is 144 Å². The van der Waals surface area contributed by atoms with Crippen molar-refractivity contribution < 1.29 is 23.5 Å². The van der Waals surface area contributed by atoms with E-state index in [0.29, 0.717) is 41.1 Å². The Morgan fingerprint density at radius 1 is 1.10 bits per heavy atom. The van der Waals surface area contributed by atoms with Crippen molar-refractivity contribution in [3.8, 4) is 5.75 Å². The number of likely N-dealkylation sites (N-methyl/N-ethyl adjacent to an activating group) is 2. The van der Waals surface area contributed by atoms with Crippen LogP contribution in [0, 0.1) is 11.2 Å². The lowest BCUT2D eigenvalue weighted by Gasteiger charge is -2.36. The molecule has 14 heteroatoms. The summed E-state index contributed by atoms with van der Waals surface area (Å²) >= 11 is 0. The molecule has 0 bridgehead atoms. The molecule has 2 aliphatic heterocycles. The molecule has 0 radical (unpaired) electrons. The lowest BCUT2D eigenvalue weighted by molar-refractivity contribution is -0.134. The summed E-state index contributed by atoms with van der Waals surface area (Å²) in [6, 6.07) is 6.01. The number of methoxy groups -OCH3 is 1. The van der Waals surface area contributed by atoms with Crippen molar-refractivity contribution in [3.05, 3.63) is 42.5 Å². The molecule has 0 spiro atoms. The quantitative estimate of drug-likeness (QED) is 0.252. The van der Waals surface area contributed by atoms with Crippen molar-refractivity contribution in [2.75, 3.05) is 69.0 Å². The average Bonchev–Trinajstić information content (AvgIpc) is 3.62. The molecule has 5 rings (SSSR count). The van der Waals surface area contributed by atoms with Crippen LogP contribution in [0.1, 0.15) is 40.5 Å². The van der Waals surface area contributed by atoms with Gasteiger partial charge in [0, 0.05) is 43.3 Å². The summed E-state index contributed by atoms with van der Waals surface area (Å²) in [6.07, 6.45) is 2.70. The minimum absolute atomic E-state index is 0.179. The predicted molar refractivity (Wildman–Crippen MR) is 189 cm³/mol. The van der Waals surface area contributed by atoms with Gasteiger partial charge in [-0.15, -0.1) is 0 Å². The number of imide groups is 1. The molecule has 2 fully saturated rings. The van der Waals surface area contributed by atoms with Gasteiger partial charge in [0.25, 0.3) is 11.8 Å². The summed E-state index contributed by atoms with van der Waals surface area (Å²) < 4.78 is 21.2. The van der Waals surface area contributed by atoms with Gasteiger partial charge in [0.1, 0.15) is 29.8 Å². The summed E-state index contributed by atoms with van der Waals surface area (Å²) in [5.74, 6) is -1.21. The zero-order valence-corrected chi connectivity index (χ0v) is 29.4. The van der Waals surface area contributed by atoms with Crippen LogP contribution >= 0.6 is 0 Å². The molecule has 3 aromatic rings. The van der Waals surface area contributed by atoms with E-state index in [1.54, 1.807) is 38.2 Å². The first-order valence-electron chi connectivity index (χ1n) is 16.7. The van der Waals surface area contributed by atoms with Crippen molar-refractivity contribution in [1.29, 1.82) is 0 Å². The number of halogens is 1. The van der Waals surface area contributed by atoms with E-state index in [1.807, 2.05) is 25.7 Å². The zero-order chi connectivity index (χ0) is 35.5. The molecule has 3 heterocycles. The minimum Gasteiger partial charge on any atom is -0.494 e. The molecule has 3 amide bonds. The summed E-state index contributed by atoms with van der Waals surface area (Å²) in [5.41, 5.74) is 0.910. The minimum atomic E-state index is -1.06. The zero-order valence-electron chi connectivity index (χ0n) is 29.4. The second kappa shape index (κ2) is 15.0. The standard InChI is InChI=1S/C35H48FN9O4/c1-21(37-5)32(46)42-30(35(2,3)4)34(48)45(33(47)25-9-8-12-38-25)28-18-23-26(19-29(28)49-7)39-20-40-31(23)41-22-10-11-27(24(36)17-22)44-15-13-43(6)14-16-44/h10-11,17-21,25,30,37-38H,8-9,12-16H2,1-7H3,(H,42,46)(H,39,40,41)/t21-,25-,30+/m0/s1. The molecule has 0 unspecified atom stereocenters. The van der Waals surface area contributed by atoms with Crippen LogP contribution in [0.5, 0.6) is 5.75 Å². The highest BCUT2D eigenvalue weighted by atomic mass is 19.1. The van der Waals surface area contributed by atoms with E-state index in [-0.39, 0.29) is 23.2 Å². The molecule has 264 valence electrons. The summed E-state index contributed by atoms with van der Waals surface area (Å²) in [6.45, 7) is 11.0. The van der Waals surface area contributed by atoms with Crippen LogP contribution in [-0.4, -0.2) is 105 Å². The second-order valence-corrected chi connectivity index (χ2v) is 13.8. The van der Waals surface area contributed by atoms with Gasteiger partial charge in [-0.1, -0.05) is 20.8 Å². The number of aromatic nitrogens is 2. The highest BCUT2D eigenvalue weighted by Crippen LogP contribution is 2.38. The highest BCUT2D eigenvalue weighted by Gasteiger charge is 2.42. The first kappa shape index (κ1) is 35.9. The summed E-state index contributed by atoms with van der Waals surface area (Å²) in [4.78, 5) is 56.2. The molecule has 4 N–H and O–H groups in total. The summed E-state index contributed by atoms with van der Waals surface area (Å²) in [5, 5.41) is 12.7. The molecule has 1 aromatic heterocycles. The Bertz CT molecular complexity index is 1680. The Hall–Kier alpha value is -4.40. The molecule has 2 aromatic carbocycles. The molecule has 0 aliphatic carbocycles. The molecule has 13 nitrogen and oxygen atoms in total. The first-order valence-corrected chi connectivity index (χ1v) is 16.7. The van der Waals surface area contributed by atoms with Gasteiger partial charge in [0.15, 0.2) is 0 Å². The lowest BCUT2D eigenvalue weighted by Crippen LogP contribution is -2.60. The van der Waals surface area contributed by atoms with Gasteiger partial charge < -0.3 is 35.8 Å². The number of benzene rings is 2. The van der Waals surface area contributed by atoms with E-state index in [1.165, 1.54) is 19.5 Å². The maximum atomic E-state index is 15.4. The SMILES string of the molecule is CN[C@@H](C)C(=O)N[C@H](C(=O)N(C(=O)[C@@H]1CCCN1)c1cc2c(Nc3ccc(N4CCN(C)CC4)c(F)c3)ncnc2cc1OC)C(C)(C)C. The Kier molecular flexibility index (Phi) is 11.0. The van der Waals surface area contributed by atoms with Crippen molar-refractivity contribution >= 4 is 51.5 Å². The highest BCUT2D eigenvalue weighted by molar-refractivity contribution is 6.20. The van der Waals surface area contributed by atoms with Crippen molar-refractivity contribution in [2.24, 2.45) is 5.41 Å². The van der Waals surface area contributed by atoms with E-state index in [0.717, 1.165) is 37.5 Å². The van der Waals surface area contributed by atoms with Gasteiger partial charge in [-0.2, -0.15) is 0 Å². The number of piperazine rings is 1. The number of carbonyl (C=O) groups excluding carboxylic acids is 3. The van der Waals surface area contributed by atoms with E-state index in [2.05, 4.69) is 43.2 Å². The number of ether oxygens (including phenoxy) is 1. The van der Waals surface area contributed by atoms with Crippen LogP contribution in [0.25, 0.3) is 10.9 Å². The third-order valence-corrected chi connectivity index (χ3v) is 9.26. The van der Waals surface area contributed by atoms with Crippen LogP contribution in [0.4, 0.5) is 27.3 Å². The Morgan fingerprint density at radius 2 is 1.84 bits per heavy atom. The molecule has 3 atom stereocenters. The molecular formula is C35H48FN9O4. The number of nitrogens with one attached hydrogen (secondary N) is 4. The molecular weight excluding hydrogens is 629 g/mol. The van der Waals surface area contributed by atoms with Crippen molar-refractivity contribution in [1.82, 2.24) is 30.8 Å². The fourth-order valence-electron chi connectivity index (χ4n) is 6.11. The van der Waals surface area contributed by atoms with Crippen LogP contribution in [-0.2, 0) is 14.4 Å². The number of anilines is 4. The number of carbonyl (C=O) groups is 3. The van der Waals surface area contributed by atoms with Crippen molar-refractivity contribution in [2.45, 2.75) is 58.7 Å². The average molecular weight is 678 g/mol. The van der Waals surface area contributed by atoms with Crippen LogP contribution in [0.15, 0.2) is 36.7 Å². The Morgan fingerprint density at radius 3 is 2.45 bits per heavy atom. The van der Waals surface area contributed by atoms with Crippen LogP contribution in [0.3, 0.4) is 0 Å². The number of rotatable bonds is 10. The third kappa shape index (κ3) is 7.92. The first-order chi connectivity index (χ1) is 23.3. The van der Waals surface area contributed by atoms with E-state index in [9.17, 15) is 14.4 Å². The summed E-state index contributed by atoms with van der Waals surface area (Å²) in [7, 11) is 5.16. The lowest BCUT2D eigenvalue weighted by atomic mass is 9.85. The van der Waals surface area contributed by atoms with E-state index in [4.69, 9.17) is 4.74 Å². The Labute approximate surface area is 287 Å². The van der Waals surface area contributed by atoms with Crippen LogP contribution in [0.2, 0.25) is 0 Å².